The summed E-state index contributed by atoms with van der Waals surface area (Å²) < 4.78 is 7.20. The third-order valence-corrected chi connectivity index (χ3v) is 7.08. The van der Waals surface area contributed by atoms with E-state index in [4.69, 9.17) is 4.74 Å². The Labute approximate surface area is 203 Å². The number of piperidine rings is 1. The molecule has 0 spiro atoms. The van der Waals surface area contributed by atoms with Crippen LogP contribution in [0.3, 0.4) is 0 Å². The van der Waals surface area contributed by atoms with E-state index in [0.29, 0.717) is 17.5 Å². The number of aryl methyl sites for hydroxylation is 2. The minimum atomic E-state index is 0.0938. The molecule has 2 heterocycles. The monoisotopic (exact) mass is 460 g/mol. The Morgan fingerprint density at radius 1 is 1.15 bits per heavy atom. The van der Waals surface area contributed by atoms with Gasteiger partial charge in [0, 0.05) is 50.0 Å². The number of carbonyl (C=O) groups excluding carboxylic acids is 1. The number of hydrogen-bond donors (Lipinski definition) is 0. The Hall–Kier alpha value is -3.12. The summed E-state index contributed by atoms with van der Waals surface area (Å²) in [5, 5.41) is 4.53. The molecule has 0 saturated carbocycles. The van der Waals surface area contributed by atoms with Crippen molar-refractivity contribution in [1.82, 2.24) is 19.6 Å². The average Bonchev–Trinajstić information content (AvgIpc) is 3.18. The van der Waals surface area contributed by atoms with Crippen molar-refractivity contribution in [2.75, 3.05) is 27.2 Å². The lowest BCUT2D eigenvalue weighted by molar-refractivity contribution is 0.0602. The van der Waals surface area contributed by atoms with Gasteiger partial charge in [0.1, 0.15) is 5.75 Å². The molecule has 6 nitrogen and oxygen atoms in total. The Morgan fingerprint density at radius 2 is 1.88 bits per heavy atom. The van der Waals surface area contributed by atoms with Crippen molar-refractivity contribution in [2.45, 2.75) is 38.8 Å². The van der Waals surface area contributed by atoms with Gasteiger partial charge in [-0.3, -0.25) is 14.4 Å². The van der Waals surface area contributed by atoms with Crippen LogP contribution in [0.5, 0.6) is 5.75 Å². The first kappa shape index (κ1) is 24.0. The molecule has 0 unspecified atom stereocenters. The van der Waals surface area contributed by atoms with Gasteiger partial charge in [0.2, 0.25) is 0 Å². The predicted molar refractivity (Wildman–Crippen MR) is 135 cm³/mol. The summed E-state index contributed by atoms with van der Waals surface area (Å²) in [6, 6.07) is 18.6. The number of likely N-dealkylation sites (tertiary alicyclic amines) is 1. The van der Waals surface area contributed by atoms with Crippen molar-refractivity contribution in [2.24, 2.45) is 13.0 Å². The molecule has 2 aromatic carbocycles. The van der Waals surface area contributed by atoms with E-state index in [1.807, 2.05) is 40.9 Å². The molecule has 1 aliphatic rings. The first-order valence-corrected chi connectivity index (χ1v) is 12.1. The zero-order valence-corrected chi connectivity index (χ0v) is 20.8. The molecule has 0 N–H and O–H groups in total. The number of carbonyl (C=O) groups is 1. The number of hydrogen-bond acceptors (Lipinski definition) is 4. The number of amides is 1. The van der Waals surface area contributed by atoms with E-state index in [-0.39, 0.29) is 5.91 Å². The van der Waals surface area contributed by atoms with Crippen molar-refractivity contribution in [3.8, 4) is 5.75 Å². The lowest BCUT2D eigenvalue weighted by atomic mass is 9.84. The Bertz CT molecular complexity index is 1090. The van der Waals surface area contributed by atoms with Crippen molar-refractivity contribution < 1.29 is 9.53 Å². The number of rotatable bonds is 8. The van der Waals surface area contributed by atoms with Crippen LogP contribution < -0.4 is 4.74 Å². The summed E-state index contributed by atoms with van der Waals surface area (Å²) in [7, 11) is 5.84. The van der Waals surface area contributed by atoms with Crippen LogP contribution in [-0.2, 0) is 20.0 Å². The van der Waals surface area contributed by atoms with Gasteiger partial charge in [-0.2, -0.15) is 5.10 Å². The first-order chi connectivity index (χ1) is 16.4. The normalized spacial score (nSPS) is 15.5. The van der Waals surface area contributed by atoms with E-state index in [0.717, 1.165) is 50.3 Å². The van der Waals surface area contributed by atoms with E-state index >= 15 is 0 Å². The van der Waals surface area contributed by atoms with Crippen LogP contribution in [0.15, 0.2) is 60.8 Å². The molecule has 1 aromatic heterocycles. The molecule has 34 heavy (non-hydrogen) atoms. The number of likely N-dealkylation sites (N-methyl/N-ethyl adjacent to an activating group) is 1. The Kier molecular flexibility index (Phi) is 7.68. The molecule has 1 amide bonds. The molecule has 0 radical (unpaired) electrons. The van der Waals surface area contributed by atoms with Crippen LogP contribution >= 0.6 is 0 Å². The second-order valence-electron chi connectivity index (χ2n) is 9.45. The van der Waals surface area contributed by atoms with E-state index in [2.05, 4.69) is 60.5 Å². The molecule has 6 heteroatoms. The van der Waals surface area contributed by atoms with Crippen molar-refractivity contribution in [3.05, 3.63) is 83.2 Å². The second kappa shape index (κ2) is 10.9. The highest BCUT2D eigenvalue weighted by atomic mass is 16.5. The van der Waals surface area contributed by atoms with Crippen LogP contribution in [0, 0.1) is 12.8 Å². The minimum Gasteiger partial charge on any atom is -0.497 e. The van der Waals surface area contributed by atoms with Crippen LogP contribution in [0.2, 0.25) is 0 Å². The molecular weight excluding hydrogens is 424 g/mol. The molecule has 4 rings (SSSR count). The highest BCUT2D eigenvalue weighted by molar-refractivity contribution is 5.94. The Balaban J connectivity index is 1.46. The van der Waals surface area contributed by atoms with Gasteiger partial charge in [0.15, 0.2) is 0 Å². The van der Waals surface area contributed by atoms with E-state index in [9.17, 15) is 4.79 Å². The summed E-state index contributed by atoms with van der Waals surface area (Å²) in [6.45, 7) is 4.52. The molecule has 1 aliphatic heterocycles. The number of nitrogens with zero attached hydrogens (tertiary/aromatic N) is 4. The minimum absolute atomic E-state index is 0.0938. The van der Waals surface area contributed by atoms with Gasteiger partial charge in [-0.25, -0.2) is 0 Å². The van der Waals surface area contributed by atoms with Crippen LogP contribution in [0.4, 0.5) is 0 Å². The van der Waals surface area contributed by atoms with Crippen LogP contribution in [0.1, 0.15) is 40.0 Å². The molecule has 3 aromatic rings. The maximum absolute atomic E-state index is 13.1. The number of benzene rings is 2. The summed E-state index contributed by atoms with van der Waals surface area (Å²) in [6.07, 6.45) is 5.14. The number of ether oxygens (including phenoxy) is 1. The van der Waals surface area contributed by atoms with Gasteiger partial charge in [-0.05, 0) is 62.9 Å². The maximum Gasteiger partial charge on any atom is 0.253 e. The third-order valence-electron chi connectivity index (χ3n) is 7.08. The molecule has 1 atom stereocenters. The number of methoxy groups -OCH3 is 1. The smallest absolute Gasteiger partial charge is 0.253 e. The molecule has 1 saturated heterocycles. The van der Waals surface area contributed by atoms with Crippen molar-refractivity contribution >= 4 is 5.91 Å². The van der Waals surface area contributed by atoms with Crippen molar-refractivity contribution in [1.29, 1.82) is 0 Å². The maximum atomic E-state index is 13.1. The predicted octanol–water partition coefficient (Wildman–Crippen LogP) is 4.33. The topological polar surface area (TPSA) is 50.6 Å². The zero-order chi connectivity index (χ0) is 24.1. The van der Waals surface area contributed by atoms with Crippen LogP contribution in [-0.4, -0.2) is 58.8 Å². The van der Waals surface area contributed by atoms with Gasteiger partial charge in [-0.15, -0.1) is 0 Å². The first-order valence-electron chi connectivity index (χ1n) is 12.1. The van der Waals surface area contributed by atoms with Gasteiger partial charge in [0.05, 0.1) is 12.8 Å². The SMILES string of the molecule is COc1cccc(C(=O)N2CCC([C@H](Cc3ccccc3)N(C)Cc3cn(C)nc3C)CC2)c1. The van der Waals surface area contributed by atoms with Crippen LogP contribution in [0.25, 0.3) is 0 Å². The molecule has 0 aliphatic carbocycles. The second-order valence-corrected chi connectivity index (χ2v) is 9.45. The fraction of sp³-hybridized carbons (Fsp3) is 0.429. The lowest BCUT2D eigenvalue weighted by Gasteiger charge is -2.40. The van der Waals surface area contributed by atoms with Gasteiger partial charge in [-0.1, -0.05) is 36.4 Å². The molecule has 180 valence electrons. The third kappa shape index (κ3) is 5.68. The quantitative estimate of drug-likeness (QED) is 0.502. The fourth-order valence-corrected chi connectivity index (χ4v) is 5.15. The van der Waals surface area contributed by atoms with E-state index < -0.39 is 0 Å². The molecule has 0 bridgehead atoms. The van der Waals surface area contributed by atoms with E-state index in [1.165, 1.54) is 11.1 Å². The molecule has 1 fully saturated rings. The fourth-order valence-electron chi connectivity index (χ4n) is 5.15. The zero-order valence-electron chi connectivity index (χ0n) is 20.8. The highest BCUT2D eigenvalue weighted by Crippen LogP contribution is 2.28. The largest absolute Gasteiger partial charge is 0.497 e. The van der Waals surface area contributed by atoms with E-state index in [1.54, 1.807) is 7.11 Å². The summed E-state index contributed by atoms with van der Waals surface area (Å²) in [5.74, 6) is 1.34. The van der Waals surface area contributed by atoms with Gasteiger partial charge >= 0.3 is 0 Å². The lowest BCUT2D eigenvalue weighted by Crippen LogP contribution is -2.46. The molecular formula is C28H36N4O2. The van der Waals surface area contributed by atoms with Gasteiger partial charge < -0.3 is 9.64 Å². The highest BCUT2D eigenvalue weighted by Gasteiger charge is 2.31. The summed E-state index contributed by atoms with van der Waals surface area (Å²) in [4.78, 5) is 17.6. The Morgan fingerprint density at radius 3 is 2.53 bits per heavy atom. The standard InChI is InChI=1S/C28H36N4O2/c1-21-25(20-31(3)29-21)19-30(2)27(17-22-9-6-5-7-10-22)23-13-15-32(16-14-23)28(33)24-11-8-12-26(18-24)34-4/h5-12,18,20,23,27H,13-17,19H2,1-4H3/t27-/m0/s1. The average molecular weight is 461 g/mol. The van der Waals surface area contributed by atoms with Gasteiger partial charge in [0.25, 0.3) is 5.91 Å². The number of aromatic nitrogens is 2. The summed E-state index contributed by atoms with van der Waals surface area (Å²) in [5.41, 5.74) is 4.42. The summed E-state index contributed by atoms with van der Waals surface area (Å²) >= 11 is 0. The van der Waals surface area contributed by atoms with Crippen molar-refractivity contribution in [3.63, 3.8) is 0 Å².